The lowest BCUT2D eigenvalue weighted by Crippen LogP contribution is -2.64. The van der Waals surface area contributed by atoms with Gasteiger partial charge in [0, 0.05) is 0 Å². The fourth-order valence-electron chi connectivity index (χ4n) is 13.6. The molecule has 2 fully saturated rings. The summed E-state index contributed by atoms with van der Waals surface area (Å²) in [5.74, 6) is -2.97. The van der Waals surface area contributed by atoms with Crippen molar-refractivity contribution in [3.05, 3.63) is 24.3 Å². The SMILES string of the molecule is CCCCCC/C=C/CCCCCCCC(O)C(CCCCCCCCCCCCCCCC)C(=O)OC[C@H]1O[C@H](O[C@H]2O[C@H](COC(=O)C(CCCCCCCCCCCCCCCC)C(O)CCCCCCC/C=C/CCCCCC)[C@@H](O)[C@H](O)[C@H]2O)[C@H](O)[C@@H](O)[C@@H]1O. The van der Waals surface area contributed by atoms with E-state index in [0.717, 1.165) is 141 Å². The predicted octanol–water partition coefficient (Wildman–Crippen LogP) is 17.9. The van der Waals surface area contributed by atoms with Gasteiger partial charge in [-0.3, -0.25) is 9.59 Å². The monoisotopic (exact) mass is 1350 g/mol. The Bertz CT molecular complexity index is 1660. The van der Waals surface area contributed by atoms with E-state index < -0.39 is 111 Å². The standard InChI is InChI=1S/C80H150O15/c1-5-9-13-17-21-25-29-33-37-39-43-47-51-55-59-65(67(81)61-57-53-49-45-41-35-31-27-23-19-15-11-7-3)77(89)91-63-69-71(83)73(85)75(87)79(93-69)95-80-76(88)74(86)72(84)70(94-80)64-92-78(90)66(60-56-52-48-44-40-38-34-30-26-22-18-14-10-6-2)68(82)62-58-54-50-46-42-36-32-28-24-20-16-12-8-4/h27-28,31-32,65-76,79-88H,5-26,29-30,33-64H2,1-4H3/b31-27+,32-28+/t65?,66?,67?,68?,69-,70-,71-,72-,73+,74+,75-,76-,79-,80-/m1/s1. The summed E-state index contributed by atoms with van der Waals surface area (Å²) in [5, 5.41) is 89.9. The molecule has 2 rings (SSSR count). The Labute approximate surface area is 580 Å². The highest BCUT2D eigenvalue weighted by molar-refractivity contribution is 5.73. The Morgan fingerprint density at radius 2 is 0.526 bits per heavy atom. The second-order valence-electron chi connectivity index (χ2n) is 28.9. The first-order valence-electron chi connectivity index (χ1n) is 40.4. The number of hydrogen-bond donors (Lipinski definition) is 8. The number of carbonyl (C=O) groups excluding carboxylic acids is 2. The van der Waals surface area contributed by atoms with Gasteiger partial charge in [-0.2, -0.15) is 0 Å². The van der Waals surface area contributed by atoms with Gasteiger partial charge in [-0.25, -0.2) is 0 Å². The van der Waals surface area contributed by atoms with Crippen LogP contribution in [0.1, 0.15) is 374 Å². The lowest BCUT2D eigenvalue weighted by Gasteiger charge is -2.44. The lowest BCUT2D eigenvalue weighted by atomic mass is 9.91. The van der Waals surface area contributed by atoms with E-state index in [-0.39, 0.29) is 0 Å². The van der Waals surface area contributed by atoms with Crippen LogP contribution < -0.4 is 0 Å². The van der Waals surface area contributed by atoms with E-state index in [1.165, 1.54) is 180 Å². The van der Waals surface area contributed by atoms with Gasteiger partial charge in [0.2, 0.25) is 0 Å². The fourth-order valence-corrected chi connectivity index (χ4v) is 13.6. The first-order valence-corrected chi connectivity index (χ1v) is 40.4. The third-order valence-corrected chi connectivity index (χ3v) is 20.2. The van der Waals surface area contributed by atoms with Crippen LogP contribution in [0.2, 0.25) is 0 Å². The number of aliphatic hydroxyl groups excluding tert-OH is 8. The Morgan fingerprint density at radius 3 is 0.789 bits per heavy atom. The average molecular weight is 1350 g/mol. The zero-order valence-corrected chi connectivity index (χ0v) is 61.4. The van der Waals surface area contributed by atoms with Crippen LogP contribution in [0.4, 0.5) is 0 Å². The van der Waals surface area contributed by atoms with E-state index in [2.05, 4.69) is 52.0 Å². The predicted molar refractivity (Wildman–Crippen MR) is 386 cm³/mol. The molecule has 560 valence electrons. The van der Waals surface area contributed by atoms with Crippen LogP contribution in [-0.4, -0.2) is 140 Å². The molecule has 14 atom stereocenters. The third kappa shape index (κ3) is 44.1. The molecule has 2 heterocycles. The topological polar surface area (TPSA) is 242 Å². The third-order valence-electron chi connectivity index (χ3n) is 20.2. The van der Waals surface area contributed by atoms with Gasteiger partial charge < -0.3 is 64.5 Å². The summed E-state index contributed by atoms with van der Waals surface area (Å²) in [6.07, 6.45) is 49.5. The second-order valence-corrected chi connectivity index (χ2v) is 28.9. The van der Waals surface area contributed by atoms with Crippen molar-refractivity contribution in [1.82, 2.24) is 0 Å². The van der Waals surface area contributed by atoms with E-state index in [9.17, 15) is 50.4 Å². The molecule has 2 aliphatic heterocycles. The normalized spacial score (nSPS) is 23.0. The number of ether oxygens (including phenoxy) is 5. The zero-order valence-electron chi connectivity index (χ0n) is 61.4. The molecule has 0 radical (unpaired) electrons. The molecular formula is C80H150O15. The molecule has 0 spiro atoms. The summed E-state index contributed by atoms with van der Waals surface area (Å²) in [6.45, 7) is 7.83. The number of aliphatic hydroxyl groups is 8. The largest absolute Gasteiger partial charge is 0.463 e. The molecule has 2 aliphatic rings. The minimum absolute atomic E-state index is 0.421. The second kappa shape index (κ2) is 61.8. The molecule has 15 heteroatoms. The maximum absolute atomic E-state index is 14.0. The molecule has 2 saturated heterocycles. The maximum Gasteiger partial charge on any atom is 0.311 e. The van der Waals surface area contributed by atoms with Crippen LogP contribution in [0.25, 0.3) is 0 Å². The molecule has 0 bridgehead atoms. The zero-order chi connectivity index (χ0) is 69.2. The summed E-state index contributed by atoms with van der Waals surface area (Å²) < 4.78 is 29.3. The summed E-state index contributed by atoms with van der Waals surface area (Å²) in [7, 11) is 0. The van der Waals surface area contributed by atoms with Gasteiger partial charge in [-0.05, 0) is 77.0 Å². The van der Waals surface area contributed by atoms with Gasteiger partial charge in [0.1, 0.15) is 62.0 Å². The van der Waals surface area contributed by atoms with E-state index in [0.29, 0.717) is 25.7 Å². The number of allylic oxidation sites excluding steroid dienone is 4. The van der Waals surface area contributed by atoms with Gasteiger partial charge in [0.25, 0.3) is 0 Å². The smallest absolute Gasteiger partial charge is 0.311 e. The van der Waals surface area contributed by atoms with Gasteiger partial charge in [-0.15, -0.1) is 0 Å². The Balaban J connectivity index is 2.04. The van der Waals surface area contributed by atoms with Crippen molar-refractivity contribution in [3.63, 3.8) is 0 Å². The van der Waals surface area contributed by atoms with E-state index >= 15 is 0 Å². The van der Waals surface area contributed by atoms with Crippen LogP contribution in [-0.2, 0) is 33.3 Å². The van der Waals surface area contributed by atoms with Crippen LogP contribution in [0.15, 0.2) is 24.3 Å². The molecular weight excluding hydrogens is 1200 g/mol. The fraction of sp³-hybridized carbons (Fsp3) is 0.925. The molecule has 95 heavy (non-hydrogen) atoms. The molecule has 0 aromatic heterocycles. The molecule has 0 saturated carbocycles. The minimum atomic E-state index is -1.90. The van der Waals surface area contributed by atoms with Crippen LogP contribution in [0.5, 0.6) is 0 Å². The van der Waals surface area contributed by atoms with Crippen molar-refractivity contribution in [3.8, 4) is 0 Å². The van der Waals surface area contributed by atoms with E-state index in [1.807, 2.05) is 0 Å². The summed E-state index contributed by atoms with van der Waals surface area (Å²) in [5.41, 5.74) is 0. The van der Waals surface area contributed by atoms with Gasteiger partial charge in [0.05, 0.1) is 24.0 Å². The molecule has 8 N–H and O–H groups in total. The highest BCUT2D eigenvalue weighted by atomic mass is 16.8. The first-order chi connectivity index (χ1) is 46.3. The van der Waals surface area contributed by atoms with Crippen molar-refractivity contribution < 1.29 is 74.1 Å². The van der Waals surface area contributed by atoms with Crippen molar-refractivity contribution in [2.24, 2.45) is 11.8 Å². The molecule has 0 amide bonds. The van der Waals surface area contributed by atoms with Crippen molar-refractivity contribution >= 4 is 11.9 Å². The average Bonchev–Trinajstić information content (AvgIpc) is 0.958. The van der Waals surface area contributed by atoms with Crippen molar-refractivity contribution in [1.29, 1.82) is 0 Å². The Morgan fingerprint density at radius 1 is 0.305 bits per heavy atom. The van der Waals surface area contributed by atoms with Crippen LogP contribution in [0.3, 0.4) is 0 Å². The minimum Gasteiger partial charge on any atom is -0.463 e. The van der Waals surface area contributed by atoms with Crippen LogP contribution in [0, 0.1) is 11.8 Å². The Hall–Kier alpha value is -2.02. The molecule has 4 unspecified atom stereocenters. The maximum atomic E-state index is 14.0. The molecule has 0 aromatic rings. The highest BCUT2D eigenvalue weighted by Crippen LogP contribution is 2.31. The Kier molecular flexibility index (Phi) is 58.0. The van der Waals surface area contributed by atoms with Gasteiger partial charge in [-0.1, -0.05) is 322 Å². The lowest BCUT2D eigenvalue weighted by molar-refractivity contribution is -0.376. The summed E-state index contributed by atoms with van der Waals surface area (Å²) >= 11 is 0. The summed E-state index contributed by atoms with van der Waals surface area (Å²) in [6, 6.07) is 0. The number of esters is 2. The first kappa shape index (κ1) is 89.1. The van der Waals surface area contributed by atoms with E-state index in [1.54, 1.807) is 0 Å². The molecule has 0 aliphatic carbocycles. The number of rotatable bonds is 66. The van der Waals surface area contributed by atoms with Gasteiger partial charge >= 0.3 is 11.9 Å². The quantitative estimate of drug-likeness (QED) is 0.0160. The highest BCUT2D eigenvalue weighted by Gasteiger charge is 2.50. The molecule has 0 aromatic carbocycles. The molecule has 15 nitrogen and oxygen atoms in total. The number of unbranched alkanes of at least 4 members (excludes halogenated alkanes) is 44. The number of carbonyl (C=O) groups is 2. The van der Waals surface area contributed by atoms with Crippen LogP contribution >= 0.6 is 0 Å². The summed E-state index contributed by atoms with van der Waals surface area (Å²) in [4.78, 5) is 28.0. The number of hydrogen-bond acceptors (Lipinski definition) is 15. The van der Waals surface area contributed by atoms with Crippen molar-refractivity contribution in [2.75, 3.05) is 13.2 Å². The van der Waals surface area contributed by atoms with E-state index in [4.69, 9.17) is 23.7 Å². The van der Waals surface area contributed by atoms with Gasteiger partial charge in [0.15, 0.2) is 12.6 Å². The van der Waals surface area contributed by atoms with Crippen molar-refractivity contribution in [2.45, 2.75) is 448 Å².